The molecule has 19 heavy (non-hydrogen) atoms. The average molecular weight is 343 g/mol. The Bertz CT molecular complexity index is 487. The molecule has 1 aromatic carbocycles. The van der Waals surface area contributed by atoms with Crippen LogP contribution in [-0.4, -0.2) is 21.0 Å². The van der Waals surface area contributed by atoms with Crippen molar-refractivity contribution in [1.82, 2.24) is 0 Å². The summed E-state index contributed by atoms with van der Waals surface area (Å²) in [4.78, 5) is 12.2. The molecule has 0 spiro atoms. The van der Waals surface area contributed by atoms with Crippen molar-refractivity contribution in [1.29, 1.82) is 0 Å². The fraction of sp³-hybridized carbons (Fsp3) is 0.533. The second-order valence-electron chi connectivity index (χ2n) is 5.32. The maximum absolute atomic E-state index is 12.3. The largest absolute Gasteiger partial charge is 0.293 e. The molecule has 4 heteroatoms. The highest BCUT2D eigenvalue weighted by atomic mass is 79.9. The molecular formula is C15H19BrO2S. The molecule has 0 radical (unpaired) electrons. The van der Waals surface area contributed by atoms with Crippen LogP contribution in [0.5, 0.6) is 0 Å². The molecule has 0 N–H and O–H groups in total. The summed E-state index contributed by atoms with van der Waals surface area (Å²) in [5, 5.41) is 0.204. The Labute approximate surface area is 125 Å². The van der Waals surface area contributed by atoms with Gasteiger partial charge in [-0.05, 0) is 24.8 Å². The minimum atomic E-state index is -1.04. The summed E-state index contributed by atoms with van der Waals surface area (Å²) < 4.78 is 13.1. The lowest BCUT2D eigenvalue weighted by molar-refractivity contribution is 0.102. The Balaban J connectivity index is 1.99. The molecular weight excluding hydrogens is 324 g/mol. The van der Waals surface area contributed by atoms with Crippen LogP contribution < -0.4 is 0 Å². The molecule has 1 aromatic rings. The zero-order chi connectivity index (χ0) is 13.8. The number of rotatable bonds is 4. The molecule has 1 fully saturated rings. The monoisotopic (exact) mass is 342 g/mol. The number of ketones is 1. The molecule has 3 unspecified atom stereocenters. The standard InChI is InChI=1S/C15H19BrO2S/c1-11-5-4-6-12(9-11)19(18)10-15(17)13-7-2-3-8-14(13)16/h2-3,7-8,11-12H,4-6,9-10H2,1H3. The van der Waals surface area contributed by atoms with Crippen LogP contribution >= 0.6 is 15.9 Å². The highest BCUT2D eigenvalue weighted by Gasteiger charge is 2.25. The molecule has 3 atom stereocenters. The van der Waals surface area contributed by atoms with Gasteiger partial charge < -0.3 is 0 Å². The third kappa shape index (κ3) is 3.99. The van der Waals surface area contributed by atoms with Crippen LogP contribution in [0.25, 0.3) is 0 Å². The lowest BCUT2D eigenvalue weighted by Gasteiger charge is -2.25. The van der Waals surface area contributed by atoms with Crippen LogP contribution in [0.1, 0.15) is 43.0 Å². The van der Waals surface area contributed by atoms with Crippen LogP contribution in [0.2, 0.25) is 0 Å². The fourth-order valence-electron chi connectivity index (χ4n) is 2.63. The first-order valence-electron chi connectivity index (χ1n) is 6.73. The molecule has 2 rings (SSSR count). The third-order valence-electron chi connectivity index (χ3n) is 3.71. The summed E-state index contributed by atoms with van der Waals surface area (Å²) in [6.07, 6.45) is 4.36. The summed E-state index contributed by atoms with van der Waals surface area (Å²) in [7, 11) is -1.04. The average Bonchev–Trinajstić information content (AvgIpc) is 2.39. The van der Waals surface area contributed by atoms with Crippen LogP contribution in [-0.2, 0) is 10.8 Å². The minimum absolute atomic E-state index is 0.0240. The van der Waals surface area contributed by atoms with Crippen LogP contribution in [0.3, 0.4) is 0 Å². The molecule has 0 bridgehead atoms. The Morgan fingerprint density at radius 2 is 2.11 bits per heavy atom. The van der Waals surface area contributed by atoms with Crippen molar-refractivity contribution in [3.63, 3.8) is 0 Å². The second-order valence-corrected chi connectivity index (χ2v) is 7.89. The summed E-state index contributed by atoms with van der Waals surface area (Å²) in [6, 6.07) is 7.34. The van der Waals surface area contributed by atoms with E-state index in [2.05, 4.69) is 22.9 Å². The first-order chi connectivity index (χ1) is 9.08. The summed E-state index contributed by atoms with van der Waals surface area (Å²) >= 11 is 3.37. The van der Waals surface area contributed by atoms with Gasteiger partial charge in [0.25, 0.3) is 0 Å². The number of hydrogen-bond acceptors (Lipinski definition) is 2. The molecule has 1 saturated carbocycles. The van der Waals surface area contributed by atoms with E-state index in [4.69, 9.17) is 0 Å². The molecule has 0 aliphatic heterocycles. The van der Waals surface area contributed by atoms with Crippen LogP contribution in [0.4, 0.5) is 0 Å². The lowest BCUT2D eigenvalue weighted by atomic mass is 9.91. The second kappa shape index (κ2) is 6.80. The van der Waals surface area contributed by atoms with E-state index in [0.29, 0.717) is 11.5 Å². The number of Topliss-reactive ketones (excluding diaryl/α,β-unsaturated/α-hetero) is 1. The zero-order valence-electron chi connectivity index (χ0n) is 11.1. The predicted molar refractivity (Wildman–Crippen MR) is 82.9 cm³/mol. The first-order valence-corrected chi connectivity index (χ1v) is 8.90. The number of hydrogen-bond donors (Lipinski definition) is 0. The molecule has 1 aliphatic rings. The van der Waals surface area contributed by atoms with Crippen molar-refractivity contribution in [3.05, 3.63) is 34.3 Å². The van der Waals surface area contributed by atoms with Crippen molar-refractivity contribution >= 4 is 32.5 Å². The zero-order valence-corrected chi connectivity index (χ0v) is 13.5. The van der Waals surface area contributed by atoms with E-state index < -0.39 is 10.8 Å². The van der Waals surface area contributed by atoms with Crippen LogP contribution in [0, 0.1) is 5.92 Å². The van der Waals surface area contributed by atoms with E-state index in [9.17, 15) is 9.00 Å². The predicted octanol–water partition coefficient (Wildman–Crippen LogP) is 3.96. The van der Waals surface area contributed by atoms with Gasteiger partial charge >= 0.3 is 0 Å². The molecule has 1 aliphatic carbocycles. The Hall–Kier alpha value is -0.480. The van der Waals surface area contributed by atoms with Gasteiger partial charge in [0.05, 0.1) is 5.75 Å². The van der Waals surface area contributed by atoms with Crippen LogP contribution in [0.15, 0.2) is 28.7 Å². The fourth-order valence-corrected chi connectivity index (χ4v) is 4.76. The smallest absolute Gasteiger partial charge is 0.176 e. The number of benzene rings is 1. The molecule has 2 nitrogen and oxygen atoms in total. The number of carbonyl (C=O) groups is 1. The lowest BCUT2D eigenvalue weighted by Crippen LogP contribution is -2.27. The van der Waals surface area contributed by atoms with E-state index in [1.807, 2.05) is 18.2 Å². The Morgan fingerprint density at radius 1 is 1.37 bits per heavy atom. The third-order valence-corrected chi connectivity index (χ3v) is 6.12. The molecule has 0 heterocycles. The molecule has 0 amide bonds. The molecule has 0 aromatic heterocycles. The van der Waals surface area contributed by atoms with Gasteiger partial charge in [-0.2, -0.15) is 0 Å². The quantitative estimate of drug-likeness (QED) is 0.776. The van der Waals surface area contributed by atoms with E-state index >= 15 is 0 Å². The summed E-state index contributed by atoms with van der Waals surface area (Å²) in [5.41, 5.74) is 0.639. The van der Waals surface area contributed by atoms with Gasteiger partial charge in [-0.3, -0.25) is 9.00 Å². The van der Waals surface area contributed by atoms with E-state index in [0.717, 1.165) is 23.7 Å². The first kappa shape index (κ1) is 14.9. The van der Waals surface area contributed by atoms with Gasteiger partial charge in [-0.25, -0.2) is 0 Å². The van der Waals surface area contributed by atoms with Gasteiger partial charge in [-0.15, -0.1) is 0 Å². The number of halogens is 1. The van der Waals surface area contributed by atoms with E-state index in [1.54, 1.807) is 6.07 Å². The van der Waals surface area contributed by atoms with E-state index in [1.165, 1.54) is 6.42 Å². The maximum atomic E-state index is 12.3. The highest BCUT2D eigenvalue weighted by Crippen LogP contribution is 2.27. The van der Waals surface area contributed by atoms with Gasteiger partial charge in [0.15, 0.2) is 5.78 Å². The van der Waals surface area contributed by atoms with Gasteiger partial charge in [-0.1, -0.05) is 53.9 Å². The normalized spacial score (nSPS) is 24.9. The molecule has 104 valence electrons. The summed E-state index contributed by atoms with van der Waals surface area (Å²) in [6.45, 7) is 2.21. The van der Waals surface area contributed by atoms with Crippen molar-refractivity contribution < 1.29 is 9.00 Å². The molecule has 0 saturated heterocycles. The maximum Gasteiger partial charge on any atom is 0.176 e. The number of carbonyl (C=O) groups excluding carboxylic acids is 1. The van der Waals surface area contributed by atoms with Crippen molar-refractivity contribution in [2.45, 2.75) is 37.9 Å². The van der Waals surface area contributed by atoms with Crippen molar-refractivity contribution in [2.24, 2.45) is 5.92 Å². The SMILES string of the molecule is CC1CCCC(S(=O)CC(=O)c2ccccc2Br)C1. The summed E-state index contributed by atoms with van der Waals surface area (Å²) in [5.74, 6) is 0.769. The van der Waals surface area contributed by atoms with Gasteiger partial charge in [0.2, 0.25) is 0 Å². The Morgan fingerprint density at radius 3 is 2.79 bits per heavy atom. The van der Waals surface area contributed by atoms with Gasteiger partial charge in [0.1, 0.15) is 0 Å². The van der Waals surface area contributed by atoms with Gasteiger partial charge in [0, 0.05) is 26.1 Å². The Kier molecular flexibility index (Phi) is 5.34. The minimum Gasteiger partial charge on any atom is -0.293 e. The van der Waals surface area contributed by atoms with Crippen molar-refractivity contribution in [2.75, 3.05) is 5.75 Å². The highest BCUT2D eigenvalue weighted by molar-refractivity contribution is 9.10. The van der Waals surface area contributed by atoms with Crippen molar-refractivity contribution in [3.8, 4) is 0 Å². The van der Waals surface area contributed by atoms with E-state index in [-0.39, 0.29) is 16.8 Å². The topological polar surface area (TPSA) is 34.1 Å².